The standard InChI is InChI=1S/C11H11N5O3/c1-7(10(12)17)19-11(18)8-2-4-9(5-3-8)16-6-13-14-15-16/h2-7H,1H3,(H2,12,17). The van der Waals surface area contributed by atoms with E-state index in [9.17, 15) is 9.59 Å². The molecular formula is C11H11N5O3. The molecule has 98 valence electrons. The van der Waals surface area contributed by atoms with Crippen molar-refractivity contribution < 1.29 is 14.3 Å². The Morgan fingerprint density at radius 3 is 2.53 bits per heavy atom. The fourth-order valence-corrected chi connectivity index (χ4v) is 1.32. The number of nitrogens with zero attached hydrogens (tertiary/aromatic N) is 4. The average molecular weight is 261 g/mol. The number of hydrogen-bond acceptors (Lipinski definition) is 6. The molecule has 0 aliphatic heterocycles. The monoisotopic (exact) mass is 261 g/mol. The Balaban J connectivity index is 2.10. The van der Waals surface area contributed by atoms with Crippen LogP contribution in [0, 0.1) is 0 Å². The van der Waals surface area contributed by atoms with Crippen molar-refractivity contribution in [3.8, 4) is 5.69 Å². The van der Waals surface area contributed by atoms with Crippen LogP contribution in [0.2, 0.25) is 0 Å². The van der Waals surface area contributed by atoms with E-state index in [0.29, 0.717) is 11.3 Å². The van der Waals surface area contributed by atoms with E-state index in [2.05, 4.69) is 15.5 Å². The zero-order valence-electron chi connectivity index (χ0n) is 10.1. The molecule has 0 saturated carbocycles. The maximum absolute atomic E-state index is 11.7. The average Bonchev–Trinajstić information content (AvgIpc) is 2.92. The van der Waals surface area contributed by atoms with Crippen LogP contribution in [-0.4, -0.2) is 38.2 Å². The molecule has 0 spiro atoms. The number of esters is 1. The zero-order chi connectivity index (χ0) is 13.8. The summed E-state index contributed by atoms with van der Waals surface area (Å²) in [7, 11) is 0. The molecule has 2 rings (SSSR count). The minimum atomic E-state index is -0.966. The first-order chi connectivity index (χ1) is 9.08. The highest BCUT2D eigenvalue weighted by molar-refractivity contribution is 5.92. The molecule has 1 heterocycles. The van der Waals surface area contributed by atoms with Crippen LogP contribution in [0.3, 0.4) is 0 Å². The van der Waals surface area contributed by atoms with E-state index in [1.165, 1.54) is 17.9 Å². The van der Waals surface area contributed by atoms with Crippen molar-refractivity contribution in [3.63, 3.8) is 0 Å². The lowest BCUT2D eigenvalue weighted by molar-refractivity contribution is -0.125. The predicted molar refractivity (Wildman–Crippen MR) is 63.2 cm³/mol. The SMILES string of the molecule is CC(OC(=O)c1ccc(-n2cnnn2)cc1)C(N)=O. The highest BCUT2D eigenvalue weighted by Gasteiger charge is 2.16. The van der Waals surface area contributed by atoms with E-state index < -0.39 is 18.0 Å². The van der Waals surface area contributed by atoms with Gasteiger partial charge in [-0.2, -0.15) is 0 Å². The molecule has 0 aliphatic rings. The quantitative estimate of drug-likeness (QED) is 0.755. The summed E-state index contributed by atoms with van der Waals surface area (Å²) in [6.45, 7) is 1.41. The Labute approximate surface area is 108 Å². The minimum Gasteiger partial charge on any atom is -0.449 e. The number of carbonyl (C=O) groups excluding carboxylic acids is 2. The summed E-state index contributed by atoms with van der Waals surface area (Å²) >= 11 is 0. The van der Waals surface area contributed by atoms with E-state index in [4.69, 9.17) is 10.5 Å². The second-order valence-electron chi connectivity index (χ2n) is 3.75. The lowest BCUT2D eigenvalue weighted by atomic mass is 10.2. The highest BCUT2D eigenvalue weighted by atomic mass is 16.5. The van der Waals surface area contributed by atoms with Crippen molar-refractivity contribution in [1.82, 2.24) is 20.2 Å². The molecule has 1 amide bonds. The Morgan fingerprint density at radius 1 is 1.32 bits per heavy atom. The van der Waals surface area contributed by atoms with Crippen molar-refractivity contribution in [3.05, 3.63) is 36.2 Å². The van der Waals surface area contributed by atoms with Gasteiger partial charge in [-0.25, -0.2) is 9.48 Å². The molecule has 0 fully saturated rings. The number of ether oxygens (including phenoxy) is 1. The van der Waals surface area contributed by atoms with E-state index >= 15 is 0 Å². The second kappa shape index (κ2) is 5.25. The summed E-state index contributed by atoms with van der Waals surface area (Å²) in [5, 5.41) is 10.7. The van der Waals surface area contributed by atoms with Crippen LogP contribution in [0.5, 0.6) is 0 Å². The fourth-order valence-electron chi connectivity index (χ4n) is 1.32. The van der Waals surface area contributed by atoms with Gasteiger partial charge in [-0.3, -0.25) is 4.79 Å². The number of primary amides is 1. The van der Waals surface area contributed by atoms with Crippen molar-refractivity contribution in [2.45, 2.75) is 13.0 Å². The zero-order valence-corrected chi connectivity index (χ0v) is 10.1. The molecule has 2 N–H and O–H groups in total. The van der Waals surface area contributed by atoms with Gasteiger partial charge in [-0.1, -0.05) is 0 Å². The molecule has 1 atom stereocenters. The van der Waals surface area contributed by atoms with Crippen LogP contribution in [0.4, 0.5) is 0 Å². The van der Waals surface area contributed by atoms with Gasteiger partial charge in [-0.05, 0) is 41.6 Å². The first-order valence-electron chi connectivity index (χ1n) is 5.41. The summed E-state index contributed by atoms with van der Waals surface area (Å²) in [4.78, 5) is 22.5. The molecule has 0 radical (unpaired) electrons. The largest absolute Gasteiger partial charge is 0.449 e. The third kappa shape index (κ3) is 2.92. The fraction of sp³-hybridized carbons (Fsp3) is 0.182. The van der Waals surface area contributed by atoms with Gasteiger partial charge in [0.2, 0.25) is 0 Å². The van der Waals surface area contributed by atoms with Crippen molar-refractivity contribution in [2.75, 3.05) is 0 Å². The lowest BCUT2D eigenvalue weighted by Crippen LogP contribution is -2.30. The molecule has 8 heteroatoms. The van der Waals surface area contributed by atoms with Gasteiger partial charge in [0.25, 0.3) is 5.91 Å². The number of amides is 1. The van der Waals surface area contributed by atoms with Gasteiger partial charge in [0, 0.05) is 0 Å². The van der Waals surface area contributed by atoms with Gasteiger partial charge in [0.15, 0.2) is 6.10 Å². The van der Waals surface area contributed by atoms with Gasteiger partial charge in [0.1, 0.15) is 6.33 Å². The lowest BCUT2D eigenvalue weighted by Gasteiger charge is -2.09. The minimum absolute atomic E-state index is 0.310. The predicted octanol–water partition coefficient (Wildman–Crippen LogP) is -0.307. The maximum Gasteiger partial charge on any atom is 0.338 e. The molecule has 0 saturated heterocycles. The summed E-state index contributed by atoms with van der Waals surface area (Å²) in [5.74, 6) is -1.31. The summed E-state index contributed by atoms with van der Waals surface area (Å²) < 4.78 is 6.31. The molecule has 8 nitrogen and oxygen atoms in total. The van der Waals surface area contributed by atoms with E-state index in [1.807, 2.05) is 0 Å². The molecule has 19 heavy (non-hydrogen) atoms. The normalized spacial score (nSPS) is 11.8. The Hall–Kier alpha value is -2.77. The Morgan fingerprint density at radius 2 is 2.00 bits per heavy atom. The topological polar surface area (TPSA) is 113 Å². The smallest absolute Gasteiger partial charge is 0.338 e. The summed E-state index contributed by atoms with van der Waals surface area (Å²) in [5.41, 5.74) is 6.02. The molecular weight excluding hydrogens is 250 g/mol. The van der Waals surface area contributed by atoms with E-state index in [-0.39, 0.29) is 0 Å². The van der Waals surface area contributed by atoms with Crippen LogP contribution in [-0.2, 0) is 9.53 Å². The van der Waals surface area contributed by atoms with Crippen molar-refractivity contribution >= 4 is 11.9 Å². The number of aromatic nitrogens is 4. The van der Waals surface area contributed by atoms with Crippen LogP contribution >= 0.6 is 0 Å². The van der Waals surface area contributed by atoms with Gasteiger partial charge >= 0.3 is 5.97 Å². The summed E-state index contributed by atoms with van der Waals surface area (Å²) in [6, 6.07) is 6.41. The number of nitrogens with two attached hydrogens (primary N) is 1. The molecule has 2 aromatic rings. The van der Waals surface area contributed by atoms with Crippen LogP contribution in [0.25, 0.3) is 5.69 Å². The third-order valence-electron chi connectivity index (χ3n) is 2.40. The van der Waals surface area contributed by atoms with E-state index in [1.54, 1.807) is 24.3 Å². The summed E-state index contributed by atoms with van der Waals surface area (Å²) in [6.07, 6.45) is 0.467. The van der Waals surface area contributed by atoms with Crippen LogP contribution in [0.1, 0.15) is 17.3 Å². The maximum atomic E-state index is 11.7. The highest BCUT2D eigenvalue weighted by Crippen LogP contribution is 2.09. The second-order valence-corrected chi connectivity index (χ2v) is 3.75. The number of tetrazole rings is 1. The Kier molecular flexibility index (Phi) is 3.51. The van der Waals surface area contributed by atoms with Gasteiger partial charge in [0.05, 0.1) is 11.3 Å². The van der Waals surface area contributed by atoms with Crippen molar-refractivity contribution in [1.29, 1.82) is 0 Å². The number of benzene rings is 1. The molecule has 1 aromatic heterocycles. The molecule has 0 aliphatic carbocycles. The number of rotatable bonds is 4. The van der Waals surface area contributed by atoms with Crippen LogP contribution in [0.15, 0.2) is 30.6 Å². The molecule has 1 unspecified atom stereocenters. The van der Waals surface area contributed by atoms with Crippen LogP contribution < -0.4 is 5.73 Å². The third-order valence-corrected chi connectivity index (χ3v) is 2.40. The first kappa shape index (κ1) is 12.7. The Bertz CT molecular complexity index is 579. The van der Waals surface area contributed by atoms with E-state index in [0.717, 1.165) is 0 Å². The number of carbonyl (C=O) groups is 2. The first-order valence-corrected chi connectivity index (χ1v) is 5.41. The van der Waals surface area contributed by atoms with Gasteiger partial charge < -0.3 is 10.5 Å². The number of hydrogen-bond donors (Lipinski definition) is 1. The van der Waals surface area contributed by atoms with Crippen molar-refractivity contribution in [2.24, 2.45) is 5.73 Å². The molecule has 1 aromatic carbocycles. The van der Waals surface area contributed by atoms with Gasteiger partial charge in [-0.15, -0.1) is 5.10 Å². The molecule has 0 bridgehead atoms.